The highest BCUT2D eigenvalue weighted by Crippen LogP contribution is 2.28. The van der Waals surface area contributed by atoms with E-state index in [1.54, 1.807) is 18.2 Å². The molecule has 0 saturated heterocycles. The standard InChI is InChI=1S/C15H21NO6/c1-15(9-20-2,14(18)19)16-13(17)8-10-11(21-3)6-5-7-12(10)22-4/h5-7H,8-9H2,1-4H3,(H,16,17)(H,18,19). The maximum absolute atomic E-state index is 12.2. The number of carboxylic acids is 1. The van der Waals surface area contributed by atoms with Crippen molar-refractivity contribution in [1.82, 2.24) is 5.32 Å². The molecular weight excluding hydrogens is 290 g/mol. The van der Waals surface area contributed by atoms with Crippen molar-refractivity contribution in [3.63, 3.8) is 0 Å². The second kappa shape index (κ2) is 7.65. The van der Waals surface area contributed by atoms with E-state index in [9.17, 15) is 14.7 Å². The molecule has 0 fully saturated rings. The van der Waals surface area contributed by atoms with Gasteiger partial charge in [0.25, 0.3) is 0 Å². The third-order valence-corrected chi connectivity index (χ3v) is 3.19. The summed E-state index contributed by atoms with van der Waals surface area (Å²) in [7, 11) is 4.35. The Hall–Kier alpha value is -2.28. The van der Waals surface area contributed by atoms with Crippen LogP contribution in [-0.2, 0) is 20.7 Å². The van der Waals surface area contributed by atoms with Crippen LogP contribution in [0.2, 0.25) is 0 Å². The number of hydrogen-bond acceptors (Lipinski definition) is 5. The number of rotatable bonds is 8. The fourth-order valence-electron chi connectivity index (χ4n) is 2.05. The molecule has 2 N–H and O–H groups in total. The van der Waals surface area contributed by atoms with Crippen LogP contribution in [0.15, 0.2) is 18.2 Å². The maximum Gasteiger partial charge on any atom is 0.331 e. The fourth-order valence-corrected chi connectivity index (χ4v) is 2.05. The van der Waals surface area contributed by atoms with Gasteiger partial charge < -0.3 is 24.6 Å². The first-order chi connectivity index (χ1) is 10.4. The number of amides is 1. The van der Waals surface area contributed by atoms with Gasteiger partial charge >= 0.3 is 5.97 Å². The molecule has 1 unspecified atom stereocenters. The van der Waals surface area contributed by atoms with Gasteiger partial charge in [-0.2, -0.15) is 0 Å². The number of carbonyl (C=O) groups is 2. The molecule has 1 aromatic carbocycles. The molecule has 0 aromatic heterocycles. The molecular formula is C15H21NO6. The van der Waals surface area contributed by atoms with E-state index < -0.39 is 17.4 Å². The van der Waals surface area contributed by atoms with Gasteiger partial charge in [0.15, 0.2) is 5.54 Å². The van der Waals surface area contributed by atoms with Crippen LogP contribution in [0.5, 0.6) is 11.5 Å². The van der Waals surface area contributed by atoms with E-state index >= 15 is 0 Å². The minimum Gasteiger partial charge on any atom is -0.496 e. The van der Waals surface area contributed by atoms with Crippen molar-refractivity contribution < 1.29 is 28.9 Å². The third kappa shape index (κ3) is 4.11. The molecule has 1 amide bonds. The normalized spacial score (nSPS) is 13.1. The van der Waals surface area contributed by atoms with Gasteiger partial charge in [0.2, 0.25) is 5.91 Å². The SMILES string of the molecule is COCC(C)(NC(=O)Cc1c(OC)cccc1OC)C(=O)O. The number of methoxy groups -OCH3 is 3. The lowest BCUT2D eigenvalue weighted by molar-refractivity contribution is -0.149. The summed E-state index contributed by atoms with van der Waals surface area (Å²) in [5.74, 6) is -0.643. The van der Waals surface area contributed by atoms with Gasteiger partial charge in [-0.25, -0.2) is 4.79 Å². The number of carboxylic acid groups (broad SMARTS) is 1. The summed E-state index contributed by atoms with van der Waals surface area (Å²) in [4.78, 5) is 23.5. The van der Waals surface area contributed by atoms with Gasteiger partial charge in [0.05, 0.1) is 27.2 Å². The Labute approximate surface area is 129 Å². The first kappa shape index (κ1) is 17.8. The van der Waals surface area contributed by atoms with Crippen molar-refractivity contribution in [3.05, 3.63) is 23.8 Å². The van der Waals surface area contributed by atoms with Gasteiger partial charge in [-0.15, -0.1) is 0 Å². The van der Waals surface area contributed by atoms with Crippen molar-refractivity contribution in [2.45, 2.75) is 18.9 Å². The Kier molecular flexibility index (Phi) is 6.18. The van der Waals surface area contributed by atoms with Crippen molar-refractivity contribution in [3.8, 4) is 11.5 Å². The quantitative estimate of drug-likeness (QED) is 0.739. The van der Waals surface area contributed by atoms with Gasteiger partial charge in [-0.05, 0) is 19.1 Å². The summed E-state index contributed by atoms with van der Waals surface area (Å²) >= 11 is 0. The van der Waals surface area contributed by atoms with Gasteiger partial charge in [-0.1, -0.05) is 6.07 Å². The average molecular weight is 311 g/mol. The molecule has 1 atom stereocenters. The van der Waals surface area contributed by atoms with E-state index in [-0.39, 0.29) is 13.0 Å². The van der Waals surface area contributed by atoms with Gasteiger partial charge in [-0.3, -0.25) is 4.79 Å². The van der Waals surface area contributed by atoms with E-state index in [0.29, 0.717) is 17.1 Å². The Morgan fingerprint density at radius 2 is 1.73 bits per heavy atom. The monoisotopic (exact) mass is 311 g/mol. The number of ether oxygens (including phenoxy) is 3. The van der Waals surface area contributed by atoms with E-state index in [2.05, 4.69) is 5.32 Å². The summed E-state index contributed by atoms with van der Waals surface area (Å²) in [5, 5.41) is 11.7. The third-order valence-electron chi connectivity index (χ3n) is 3.19. The topological polar surface area (TPSA) is 94.1 Å². The molecule has 0 aliphatic carbocycles. The summed E-state index contributed by atoms with van der Waals surface area (Å²) in [6.45, 7) is 1.24. The number of aliphatic carboxylic acids is 1. The van der Waals surface area contributed by atoms with E-state index in [4.69, 9.17) is 14.2 Å². The van der Waals surface area contributed by atoms with Crippen LogP contribution in [0.1, 0.15) is 12.5 Å². The molecule has 7 heteroatoms. The van der Waals surface area contributed by atoms with E-state index in [1.807, 2.05) is 0 Å². The molecule has 0 spiro atoms. The molecule has 0 radical (unpaired) electrons. The predicted molar refractivity (Wildman–Crippen MR) is 79.3 cm³/mol. The zero-order valence-electron chi connectivity index (χ0n) is 13.1. The van der Waals surface area contributed by atoms with E-state index in [1.165, 1.54) is 28.3 Å². The smallest absolute Gasteiger partial charge is 0.331 e. The van der Waals surface area contributed by atoms with Crippen molar-refractivity contribution in [2.24, 2.45) is 0 Å². The van der Waals surface area contributed by atoms with Crippen molar-refractivity contribution >= 4 is 11.9 Å². The fraction of sp³-hybridized carbons (Fsp3) is 0.467. The average Bonchev–Trinajstić information content (AvgIpc) is 2.47. The lowest BCUT2D eigenvalue weighted by Crippen LogP contribution is -2.55. The van der Waals surface area contributed by atoms with Crippen molar-refractivity contribution in [2.75, 3.05) is 27.9 Å². The van der Waals surface area contributed by atoms with Gasteiger partial charge in [0, 0.05) is 12.7 Å². The molecule has 0 saturated carbocycles. The minimum absolute atomic E-state index is 0.0697. The zero-order valence-corrected chi connectivity index (χ0v) is 13.1. The van der Waals surface area contributed by atoms with Crippen LogP contribution in [0.25, 0.3) is 0 Å². The zero-order chi connectivity index (χ0) is 16.8. The predicted octanol–water partition coefficient (Wildman–Crippen LogP) is 0.852. The molecule has 0 aliphatic heterocycles. The molecule has 122 valence electrons. The van der Waals surface area contributed by atoms with Crippen LogP contribution in [0, 0.1) is 0 Å². The molecule has 0 heterocycles. The number of hydrogen-bond donors (Lipinski definition) is 2. The van der Waals surface area contributed by atoms with Crippen LogP contribution < -0.4 is 14.8 Å². The molecule has 0 bridgehead atoms. The van der Waals surface area contributed by atoms with Crippen LogP contribution in [0.4, 0.5) is 0 Å². The first-order valence-electron chi connectivity index (χ1n) is 6.61. The highest BCUT2D eigenvalue weighted by Gasteiger charge is 2.35. The summed E-state index contributed by atoms with van der Waals surface area (Å²) in [5.41, 5.74) is -0.948. The second-order valence-electron chi connectivity index (χ2n) is 4.94. The maximum atomic E-state index is 12.2. The van der Waals surface area contributed by atoms with Gasteiger partial charge in [0.1, 0.15) is 11.5 Å². The lowest BCUT2D eigenvalue weighted by atomic mass is 10.0. The molecule has 1 rings (SSSR count). The summed E-state index contributed by atoms with van der Waals surface area (Å²) in [6, 6.07) is 5.15. The lowest BCUT2D eigenvalue weighted by Gasteiger charge is -2.25. The molecule has 0 aliphatic rings. The number of carbonyl (C=O) groups excluding carboxylic acids is 1. The number of nitrogens with one attached hydrogen (secondary N) is 1. The Morgan fingerprint density at radius 1 is 1.18 bits per heavy atom. The molecule has 7 nitrogen and oxygen atoms in total. The first-order valence-corrected chi connectivity index (χ1v) is 6.61. The van der Waals surface area contributed by atoms with Crippen LogP contribution in [-0.4, -0.2) is 50.5 Å². The minimum atomic E-state index is -1.50. The van der Waals surface area contributed by atoms with Crippen LogP contribution >= 0.6 is 0 Å². The highest BCUT2D eigenvalue weighted by molar-refractivity contribution is 5.88. The molecule has 22 heavy (non-hydrogen) atoms. The Bertz CT molecular complexity index is 523. The van der Waals surface area contributed by atoms with Crippen molar-refractivity contribution in [1.29, 1.82) is 0 Å². The second-order valence-corrected chi connectivity index (χ2v) is 4.94. The van der Waals surface area contributed by atoms with E-state index in [0.717, 1.165) is 0 Å². The molecule has 1 aromatic rings. The largest absolute Gasteiger partial charge is 0.496 e. The Balaban J connectivity index is 2.96. The number of benzene rings is 1. The van der Waals surface area contributed by atoms with Crippen LogP contribution in [0.3, 0.4) is 0 Å². The Morgan fingerprint density at radius 3 is 2.14 bits per heavy atom. The highest BCUT2D eigenvalue weighted by atomic mass is 16.5. The summed E-state index contributed by atoms with van der Waals surface area (Å²) < 4.78 is 15.3. The summed E-state index contributed by atoms with van der Waals surface area (Å²) in [6.07, 6.45) is -0.0697.